The fourth-order valence-corrected chi connectivity index (χ4v) is 3.18. The summed E-state index contributed by atoms with van der Waals surface area (Å²) < 4.78 is 10.5. The van der Waals surface area contributed by atoms with Gasteiger partial charge in [-0.2, -0.15) is 0 Å². The zero-order chi connectivity index (χ0) is 19.1. The molecule has 4 rings (SSSR count). The van der Waals surface area contributed by atoms with Gasteiger partial charge in [-0.05, 0) is 61.7 Å². The molecule has 0 saturated heterocycles. The Morgan fingerprint density at radius 1 is 0.926 bits per heavy atom. The third-order valence-corrected chi connectivity index (χ3v) is 4.81. The first kappa shape index (κ1) is 17.0. The lowest BCUT2D eigenvalue weighted by atomic mass is 10.0. The van der Waals surface area contributed by atoms with Crippen LogP contribution in [0.3, 0.4) is 0 Å². The second kappa shape index (κ2) is 6.35. The molecule has 2 heterocycles. The molecule has 0 atom stereocenters. The Morgan fingerprint density at radius 3 is 2.48 bits per heavy atom. The molecule has 0 saturated carbocycles. The molecule has 138 valence electrons. The highest BCUT2D eigenvalue weighted by molar-refractivity contribution is 6.02. The standard InChI is InChI=1S/C20H19N3O4/c1-10-6-11(2)14-8-15(21-18(14)12(10)3)20(25)23-22-19(24)13-4-5-16-17(7-13)27-9-26-16/h4-8,21H,9H2,1-3H3,(H,22,24)(H,23,25). The third kappa shape index (κ3) is 2.97. The number of aromatic amines is 1. The van der Waals surface area contributed by atoms with E-state index in [1.54, 1.807) is 24.3 Å². The van der Waals surface area contributed by atoms with E-state index < -0.39 is 11.8 Å². The Labute approximate surface area is 155 Å². The van der Waals surface area contributed by atoms with E-state index in [1.807, 2.05) is 20.8 Å². The minimum Gasteiger partial charge on any atom is -0.454 e. The van der Waals surface area contributed by atoms with Gasteiger partial charge >= 0.3 is 0 Å². The van der Waals surface area contributed by atoms with Gasteiger partial charge in [0.25, 0.3) is 11.8 Å². The molecule has 1 aliphatic rings. The van der Waals surface area contributed by atoms with Crippen LogP contribution >= 0.6 is 0 Å². The van der Waals surface area contributed by atoms with E-state index >= 15 is 0 Å². The van der Waals surface area contributed by atoms with Crippen molar-refractivity contribution in [2.45, 2.75) is 20.8 Å². The van der Waals surface area contributed by atoms with E-state index in [4.69, 9.17) is 9.47 Å². The fourth-order valence-electron chi connectivity index (χ4n) is 3.18. The van der Waals surface area contributed by atoms with E-state index in [-0.39, 0.29) is 6.79 Å². The Balaban J connectivity index is 1.49. The molecule has 1 aromatic heterocycles. The normalized spacial score (nSPS) is 12.3. The molecule has 0 spiro atoms. The van der Waals surface area contributed by atoms with E-state index in [2.05, 4.69) is 21.9 Å². The molecule has 7 heteroatoms. The van der Waals surface area contributed by atoms with Crippen LogP contribution in [0.2, 0.25) is 0 Å². The molecule has 0 aliphatic carbocycles. The number of nitrogens with one attached hydrogen (secondary N) is 3. The number of rotatable bonds is 2. The summed E-state index contributed by atoms with van der Waals surface area (Å²) in [6.45, 7) is 6.19. The molecule has 0 radical (unpaired) electrons. The molecule has 3 N–H and O–H groups in total. The second-order valence-electron chi connectivity index (χ2n) is 6.58. The van der Waals surface area contributed by atoms with Crippen LogP contribution in [0, 0.1) is 20.8 Å². The summed E-state index contributed by atoms with van der Waals surface area (Å²) in [5.41, 5.74) is 9.87. The highest BCUT2D eigenvalue weighted by atomic mass is 16.7. The average molecular weight is 365 g/mol. The van der Waals surface area contributed by atoms with Gasteiger partial charge in [0, 0.05) is 16.5 Å². The van der Waals surface area contributed by atoms with Crippen molar-refractivity contribution in [3.05, 3.63) is 58.3 Å². The Kier molecular flexibility index (Phi) is 3.99. The lowest BCUT2D eigenvalue weighted by Crippen LogP contribution is -2.41. The first-order valence-electron chi connectivity index (χ1n) is 8.54. The van der Waals surface area contributed by atoms with E-state index in [9.17, 15) is 9.59 Å². The molecule has 0 bridgehead atoms. The average Bonchev–Trinajstić information content (AvgIpc) is 3.30. The molecule has 27 heavy (non-hydrogen) atoms. The lowest BCUT2D eigenvalue weighted by Gasteiger charge is -2.07. The number of carbonyl (C=O) groups is 2. The van der Waals surface area contributed by atoms with Crippen molar-refractivity contribution in [1.29, 1.82) is 0 Å². The van der Waals surface area contributed by atoms with E-state index in [1.165, 1.54) is 0 Å². The molecular weight excluding hydrogens is 346 g/mol. The first-order valence-corrected chi connectivity index (χ1v) is 8.54. The van der Waals surface area contributed by atoms with Gasteiger partial charge in [0.1, 0.15) is 5.69 Å². The predicted octanol–water partition coefficient (Wildman–Crippen LogP) is 2.90. The molecule has 3 aromatic rings. The topological polar surface area (TPSA) is 92.5 Å². The minimum atomic E-state index is -0.444. The van der Waals surface area contributed by atoms with Crippen molar-refractivity contribution in [3.63, 3.8) is 0 Å². The van der Waals surface area contributed by atoms with Gasteiger partial charge in [0.2, 0.25) is 6.79 Å². The van der Waals surface area contributed by atoms with Crippen LogP contribution in [-0.4, -0.2) is 23.6 Å². The van der Waals surface area contributed by atoms with Crippen molar-refractivity contribution < 1.29 is 19.1 Å². The Hall–Kier alpha value is -3.48. The monoisotopic (exact) mass is 365 g/mol. The highest BCUT2D eigenvalue weighted by Gasteiger charge is 2.18. The molecular formula is C20H19N3O4. The molecule has 2 aromatic carbocycles. The van der Waals surface area contributed by atoms with Crippen LogP contribution in [0.4, 0.5) is 0 Å². The Bertz CT molecular complexity index is 1080. The number of hydrazine groups is 1. The van der Waals surface area contributed by atoms with Crippen molar-refractivity contribution in [3.8, 4) is 11.5 Å². The maximum atomic E-state index is 12.4. The molecule has 1 aliphatic heterocycles. The summed E-state index contributed by atoms with van der Waals surface area (Å²) in [6.07, 6.45) is 0. The molecule has 0 fully saturated rings. The third-order valence-electron chi connectivity index (χ3n) is 4.81. The number of fused-ring (bicyclic) bond motifs is 2. The predicted molar refractivity (Wildman–Crippen MR) is 100 cm³/mol. The van der Waals surface area contributed by atoms with Gasteiger partial charge in [0.15, 0.2) is 11.5 Å². The van der Waals surface area contributed by atoms with Crippen LogP contribution in [0.5, 0.6) is 11.5 Å². The smallest absolute Gasteiger partial charge is 0.286 e. The van der Waals surface area contributed by atoms with Gasteiger partial charge in [-0.1, -0.05) is 6.07 Å². The molecule has 0 unspecified atom stereocenters. The van der Waals surface area contributed by atoms with Gasteiger partial charge in [0.05, 0.1) is 0 Å². The quantitative estimate of drug-likeness (QED) is 0.609. The Morgan fingerprint density at radius 2 is 1.67 bits per heavy atom. The summed E-state index contributed by atoms with van der Waals surface area (Å²) in [5.74, 6) is 0.235. The fraction of sp³-hybridized carbons (Fsp3) is 0.200. The SMILES string of the molecule is Cc1cc(C)c2cc(C(=O)NNC(=O)c3ccc4c(c3)OCO4)[nH]c2c1C. The van der Waals surface area contributed by atoms with Crippen LogP contribution in [0.15, 0.2) is 30.3 Å². The number of amides is 2. The van der Waals surface area contributed by atoms with Crippen LogP contribution in [0.25, 0.3) is 10.9 Å². The summed E-state index contributed by atoms with van der Waals surface area (Å²) in [5, 5.41) is 0.991. The summed E-state index contributed by atoms with van der Waals surface area (Å²) in [6, 6.07) is 8.72. The van der Waals surface area contributed by atoms with Crippen LogP contribution in [-0.2, 0) is 0 Å². The molecule has 2 amide bonds. The number of carbonyl (C=O) groups excluding carboxylic acids is 2. The maximum Gasteiger partial charge on any atom is 0.286 e. The number of hydrogen-bond acceptors (Lipinski definition) is 4. The second-order valence-corrected chi connectivity index (χ2v) is 6.58. The summed E-state index contributed by atoms with van der Waals surface area (Å²) >= 11 is 0. The number of H-pyrrole nitrogens is 1. The van der Waals surface area contributed by atoms with Gasteiger partial charge < -0.3 is 14.5 Å². The lowest BCUT2D eigenvalue weighted by molar-refractivity contribution is 0.0844. The summed E-state index contributed by atoms with van der Waals surface area (Å²) in [4.78, 5) is 27.9. The number of hydrogen-bond donors (Lipinski definition) is 3. The summed E-state index contributed by atoms with van der Waals surface area (Å²) in [7, 11) is 0. The number of aromatic nitrogens is 1. The zero-order valence-corrected chi connectivity index (χ0v) is 15.2. The van der Waals surface area contributed by atoms with Crippen LogP contribution in [0.1, 0.15) is 37.5 Å². The van der Waals surface area contributed by atoms with Gasteiger partial charge in [-0.15, -0.1) is 0 Å². The minimum absolute atomic E-state index is 0.135. The van der Waals surface area contributed by atoms with Crippen molar-refractivity contribution in [2.75, 3.05) is 6.79 Å². The number of aryl methyl sites for hydroxylation is 3. The van der Waals surface area contributed by atoms with Crippen molar-refractivity contribution in [2.24, 2.45) is 0 Å². The van der Waals surface area contributed by atoms with Crippen LogP contribution < -0.4 is 20.3 Å². The van der Waals surface area contributed by atoms with E-state index in [0.29, 0.717) is 22.8 Å². The largest absolute Gasteiger partial charge is 0.454 e. The number of benzene rings is 2. The first-order chi connectivity index (χ1) is 12.9. The van der Waals surface area contributed by atoms with Crippen molar-refractivity contribution >= 4 is 22.7 Å². The van der Waals surface area contributed by atoms with Gasteiger partial charge in [-0.3, -0.25) is 20.4 Å². The van der Waals surface area contributed by atoms with Crippen molar-refractivity contribution in [1.82, 2.24) is 15.8 Å². The highest BCUT2D eigenvalue weighted by Crippen LogP contribution is 2.32. The molecule has 7 nitrogen and oxygen atoms in total. The zero-order valence-electron chi connectivity index (χ0n) is 15.2. The number of ether oxygens (including phenoxy) is 2. The maximum absolute atomic E-state index is 12.4. The van der Waals surface area contributed by atoms with E-state index in [0.717, 1.165) is 27.6 Å². The van der Waals surface area contributed by atoms with Gasteiger partial charge in [-0.25, -0.2) is 0 Å².